The Morgan fingerprint density at radius 1 is 0.950 bits per heavy atom. The Labute approximate surface area is 120 Å². The molecule has 0 heterocycles. The molecule has 0 fully saturated rings. The summed E-state index contributed by atoms with van der Waals surface area (Å²) in [6, 6.07) is 19.7. The molecule has 0 aromatic heterocycles. The van der Waals surface area contributed by atoms with E-state index in [4.69, 9.17) is 11.2 Å². The van der Waals surface area contributed by atoms with Crippen molar-refractivity contribution < 1.29 is 4.74 Å². The normalized spacial score (nSPS) is 10.2. The monoisotopic (exact) mass is 260 g/mol. The molecule has 1 nitrogen and oxygen atoms in total. The summed E-state index contributed by atoms with van der Waals surface area (Å²) in [6.45, 7) is 2.08. The summed E-state index contributed by atoms with van der Waals surface area (Å²) >= 11 is 0. The summed E-state index contributed by atoms with van der Waals surface area (Å²) in [5.41, 5.74) is 0.977. The zero-order valence-corrected chi connectivity index (χ0v) is 11.5. The molecule has 0 aliphatic carbocycles. The Balaban J connectivity index is 2.52. The molecule has 0 aliphatic rings. The Hall–Kier alpha value is -2.48. The van der Waals surface area contributed by atoms with Gasteiger partial charge in [-0.15, -0.1) is 12.3 Å². The van der Waals surface area contributed by atoms with E-state index in [0.717, 1.165) is 11.1 Å². The zero-order valence-electron chi connectivity index (χ0n) is 11.5. The molecule has 0 amide bonds. The van der Waals surface area contributed by atoms with Crippen LogP contribution in [0.5, 0.6) is 0 Å². The molecule has 0 saturated carbocycles. The summed E-state index contributed by atoms with van der Waals surface area (Å²) in [4.78, 5) is 0. The van der Waals surface area contributed by atoms with Crippen LogP contribution in [0.25, 0.3) is 0 Å². The van der Waals surface area contributed by atoms with Crippen molar-refractivity contribution in [2.45, 2.75) is 12.5 Å². The number of hydrogen-bond donors (Lipinski definition) is 0. The van der Waals surface area contributed by atoms with Crippen molar-refractivity contribution in [3.63, 3.8) is 0 Å². The summed E-state index contributed by atoms with van der Waals surface area (Å²) < 4.78 is 5.98. The standard InChI is InChI=1S/C19H16O/c1-3-5-16-20-19(4-2,17-12-8-6-9-13-17)18-14-10-7-11-15-18/h2,6-15H,16H2,1H3. The molecular weight excluding hydrogens is 244 g/mol. The van der Waals surface area contributed by atoms with Gasteiger partial charge in [0.15, 0.2) is 5.60 Å². The van der Waals surface area contributed by atoms with Gasteiger partial charge < -0.3 is 4.74 Å². The molecule has 0 unspecified atom stereocenters. The summed E-state index contributed by atoms with van der Waals surface area (Å²) in [7, 11) is 0. The third-order valence-corrected chi connectivity index (χ3v) is 3.10. The maximum atomic E-state index is 5.98. The summed E-state index contributed by atoms with van der Waals surface area (Å²) in [5, 5.41) is 0. The van der Waals surface area contributed by atoms with Gasteiger partial charge in [0.2, 0.25) is 0 Å². The quantitative estimate of drug-likeness (QED) is 0.763. The Morgan fingerprint density at radius 3 is 1.85 bits per heavy atom. The minimum absolute atomic E-state index is 0.296. The second kappa shape index (κ2) is 6.62. The van der Waals surface area contributed by atoms with Gasteiger partial charge in [-0.25, -0.2) is 0 Å². The van der Waals surface area contributed by atoms with Crippen LogP contribution in [0, 0.1) is 24.2 Å². The maximum Gasteiger partial charge on any atom is 0.180 e. The van der Waals surface area contributed by atoms with E-state index in [1.807, 2.05) is 60.7 Å². The Bertz CT molecular complexity index is 599. The lowest BCUT2D eigenvalue weighted by Crippen LogP contribution is -2.29. The maximum absolute atomic E-state index is 5.98. The van der Waals surface area contributed by atoms with Crippen LogP contribution in [0.15, 0.2) is 60.7 Å². The first-order valence-corrected chi connectivity index (χ1v) is 6.46. The van der Waals surface area contributed by atoms with Crippen molar-refractivity contribution >= 4 is 0 Å². The van der Waals surface area contributed by atoms with Gasteiger partial charge in [-0.2, -0.15) is 0 Å². The van der Waals surface area contributed by atoms with Gasteiger partial charge in [0, 0.05) is 11.1 Å². The highest BCUT2D eigenvalue weighted by atomic mass is 16.5. The molecule has 0 spiro atoms. The summed E-state index contributed by atoms with van der Waals surface area (Å²) in [5.74, 6) is 8.55. The minimum Gasteiger partial charge on any atom is -0.341 e. The van der Waals surface area contributed by atoms with Crippen LogP contribution in [0.2, 0.25) is 0 Å². The molecule has 0 saturated heterocycles. The number of terminal acetylenes is 1. The SMILES string of the molecule is C#CC(OCC#CC)(c1ccccc1)c1ccccc1. The second-order valence-corrected chi connectivity index (χ2v) is 4.27. The third kappa shape index (κ3) is 2.75. The number of hydrogen-bond acceptors (Lipinski definition) is 1. The number of rotatable bonds is 4. The lowest BCUT2D eigenvalue weighted by Gasteiger charge is -2.29. The molecule has 0 N–H and O–H groups in total. The Morgan fingerprint density at radius 2 is 1.45 bits per heavy atom. The fourth-order valence-electron chi connectivity index (χ4n) is 2.10. The van der Waals surface area contributed by atoms with Gasteiger partial charge >= 0.3 is 0 Å². The van der Waals surface area contributed by atoms with E-state index < -0.39 is 5.60 Å². The van der Waals surface area contributed by atoms with E-state index in [2.05, 4.69) is 17.8 Å². The zero-order chi connectivity index (χ0) is 14.3. The molecule has 2 aromatic rings. The highest BCUT2D eigenvalue weighted by molar-refractivity contribution is 5.44. The number of ether oxygens (including phenoxy) is 1. The minimum atomic E-state index is -0.896. The highest BCUT2D eigenvalue weighted by Crippen LogP contribution is 2.32. The van der Waals surface area contributed by atoms with Crippen LogP contribution in [0.1, 0.15) is 18.1 Å². The van der Waals surface area contributed by atoms with E-state index in [0.29, 0.717) is 6.61 Å². The van der Waals surface area contributed by atoms with E-state index in [-0.39, 0.29) is 0 Å². The molecule has 0 radical (unpaired) electrons. The first-order valence-electron chi connectivity index (χ1n) is 6.46. The first-order chi connectivity index (χ1) is 9.83. The van der Waals surface area contributed by atoms with Crippen LogP contribution in [-0.2, 0) is 10.3 Å². The summed E-state index contributed by atoms with van der Waals surface area (Å²) in [6.07, 6.45) is 5.83. The predicted molar refractivity (Wildman–Crippen MR) is 81.9 cm³/mol. The molecule has 20 heavy (non-hydrogen) atoms. The van der Waals surface area contributed by atoms with Gasteiger partial charge in [0.05, 0.1) is 0 Å². The molecule has 2 rings (SSSR count). The Kier molecular flexibility index (Phi) is 4.61. The van der Waals surface area contributed by atoms with E-state index >= 15 is 0 Å². The van der Waals surface area contributed by atoms with Gasteiger partial charge in [0.1, 0.15) is 6.61 Å². The van der Waals surface area contributed by atoms with Gasteiger partial charge in [-0.3, -0.25) is 0 Å². The second-order valence-electron chi connectivity index (χ2n) is 4.27. The van der Waals surface area contributed by atoms with Crippen molar-refractivity contribution in [2.75, 3.05) is 6.61 Å². The van der Waals surface area contributed by atoms with Crippen molar-refractivity contribution in [1.29, 1.82) is 0 Å². The topological polar surface area (TPSA) is 9.23 Å². The van der Waals surface area contributed by atoms with Crippen LogP contribution >= 0.6 is 0 Å². The first kappa shape index (κ1) is 13.9. The third-order valence-electron chi connectivity index (χ3n) is 3.10. The largest absolute Gasteiger partial charge is 0.341 e. The van der Waals surface area contributed by atoms with Gasteiger partial charge in [-0.05, 0) is 6.92 Å². The lowest BCUT2D eigenvalue weighted by molar-refractivity contribution is 0.0501. The van der Waals surface area contributed by atoms with E-state index in [9.17, 15) is 0 Å². The molecule has 0 atom stereocenters. The fourth-order valence-corrected chi connectivity index (χ4v) is 2.10. The van der Waals surface area contributed by atoms with Crippen molar-refractivity contribution in [3.05, 3.63) is 71.8 Å². The molecule has 0 aliphatic heterocycles. The smallest absolute Gasteiger partial charge is 0.180 e. The van der Waals surface area contributed by atoms with Gasteiger partial charge in [0.25, 0.3) is 0 Å². The van der Waals surface area contributed by atoms with E-state index in [1.54, 1.807) is 6.92 Å². The molecule has 98 valence electrons. The van der Waals surface area contributed by atoms with Crippen LogP contribution in [0.3, 0.4) is 0 Å². The highest BCUT2D eigenvalue weighted by Gasteiger charge is 2.32. The van der Waals surface area contributed by atoms with Gasteiger partial charge in [-0.1, -0.05) is 72.5 Å². The van der Waals surface area contributed by atoms with Crippen molar-refractivity contribution in [3.8, 4) is 24.2 Å². The number of benzene rings is 2. The molecule has 2 aromatic carbocycles. The van der Waals surface area contributed by atoms with Crippen molar-refractivity contribution in [1.82, 2.24) is 0 Å². The van der Waals surface area contributed by atoms with Crippen molar-refractivity contribution in [2.24, 2.45) is 0 Å². The fraction of sp³-hybridized carbons (Fsp3) is 0.158. The average molecular weight is 260 g/mol. The predicted octanol–water partition coefficient (Wildman–Crippen LogP) is 3.60. The molecule has 1 heteroatoms. The van der Waals surface area contributed by atoms with Crippen LogP contribution in [0.4, 0.5) is 0 Å². The molecule has 0 bridgehead atoms. The van der Waals surface area contributed by atoms with Crippen LogP contribution < -0.4 is 0 Å². The molecular formula is C19H16O. The average Bonchev–Trinajstić information content (AvgIpc) is 2.54. The van der Waals surface area contributed by atoms with Crippen LogP contribution in [-0.4, -0.2) is 6.61 Å². The lowest BCUT2D eigenvalue weighted by atomic mass is 9.87. The van der Waals surface area contributed by atoms with E-state index in [1.165, 1.54) is 0 Å².